The largest absolute Gasteiger partial charge is 0.496 e. The molecule has 2 aromatic heterocycles. The smallest absolute Gasteiger partial charge is 0.425 e. The molecular weight excluding hydrogens is 379 g/mol. The first-order valence-electron chi connectivity index (χ1n) is 7.37. The summed E-state index contributed by atoms with van der Waals surface area (Å²) in [6.45, 7) is 2.87. The highest BCUT2D eigenvalue weighted by atomic mass is 35.5. The lowest BCUT2D eigenvalue weighted by Crippen LogP contribution is -2.31. The molecule has 0 aliphatic rings. The zero-order valence-corrected chi connectivity index (χ0v) is 14.7. The lowest BCUT2D eigenvalue weighted by Gasteiger charge is -2.18. The second-order valence-corrected chi connectivity index (χ2v) is 5.53. The van der Waals surface area contributed by atoms with Gasteiger partial charge in [0, 0.05) is 18.8 Å². The lowest BCUT2D eigenvalue weighted by atomic mass is 10.1. The minimum absolute atomic E-state index is 0.109. The number of ether oxygens (including phenoxy) is 2. The van der Waals surface area contributed by atoms with Crippen molar-refractivity contribution in [3.63, 3.8) is 0 Å². The maximum atomic E-state index is 12.6. The van der Waals surface area contributed by atoms with E-state index in [-0.39, 0.29) is 33.6 Å². The number of aromatic nitrogens is 3. The number of nitrogens with zero attached hydrogens (tertiary/aromatic N) is 3. The van der Waals surface area contributed by atoms with Gasteiger partial charge in [0.05, 0.1) is 18.4 Å². The Morgan fingerprint density at radius 1 is 1.46 bits per heavy atom. The number of aryl methyl sites for hydroxylation is 1. The van der Waals surface area contributed by atoms with Gasteiger partial charge in [-0.05, 0) is 13.8 Å². The molecule has 0 spiro atoms. The molecule has 0 saturated carbocycles. The van der Waals surface area contributed by atoms with Gasteiger partial charge in [-0.15, -0.1) is 0 Å². The highest BCUT2D eigenvalue weighted by Crippen LogP contribution is 2.38. The third-order valence-electron chi connectivity index (χ3n) is 3.47. The van der Waals surface area contributed by atoms with Crippen molar-refractivity contribution in [1.82, 2.24) is 14.8 Å². The number of carboxylic acid groups (broad SMARTS) is 1. The molecule has 2 heterocycles. The maximum Gasteiger partial charge on any atom is 0.425 e. The number of aromatic carboxylic acids is 1. The second kappa shape index (κ2) is 7.40. The van der Waals surface area contributed by atoms with Gasteiger partial charge in [0.2, 0.25) is 5.88 Å². The molecule has 2 rings (SSSR count). The second-order valence-electron chi connectivity index (χ2n) is 5.16. The van der Waals surface area contributed by atoms with Crippen LogP contribution in [0, 0.1) is 0 Å². The number of pyridine rings is 1. The predicted octanol–water partition coefficient (Wildman–Crippen LogP) is 3.65. The van der Waals surface area contributed by atoms with Gasteiger partial charge in [0.25, 0.3) is 0 Å². The van der Waals surface area contributed by atoms with Crippen LogP contribution in [0.15, 0.2) is 12.3 Å². The van der Waals surface area contributed by atoms with E-state index in [1.165, 1.54) is 24.1 Å². The zero-order valence-electron chi connectivity index (χ0n) is 14.0. The van der Waals surface area contributed by atoms with Crippen LogP contribution < -0.4 is 9.47 Å². The van der Waals surface area contributed by atoms with Crippen LogP contribution in [-0.2, 0) is 6.54 Å². The van der Waals surface area contributed by atoms with E-state index in [0.29, 0.717) is 6.54 Å². The Balaban J connectivity index is 2.50. The molecule has 26 heavy (non-hydrogen) atoms. The number of hydrogen-bond donors (Lipinski definition) is 1. The van der Waals surface area contributed by atoms with Crippen LogP contribution in [0.1, 0.15) is 24.3 Å². The molecule has 0 aromatic carbocycles. The number of methoxy groups -OCH3 is 1. The number of rotatable bonds is 6. The monoisotopic (exact) mass is 393 g/mol. The Morgan fingerprint density at radius 2 is 2.12 bits per heavy atom. The van der Waals surface area contributed by atoms with Gasteiger partial charge in [-0.2, -0.15) is 18.3 Å². The first-order valence-corrected chi connectivity index (χ1v) is 7.75. The summed E-state index contributed by atoms with van der Waals surface area (Å²) in [5.41, 5.74) is 0.147. The molecule has 0 unspecified atom stereocenters. The summed E-state index contributed by atoms with van der Waals surface area (Å²) < 4.78 is 49.2. The molecule has 0 aliphatic carbocycles. The third-order valence-corrected chi connectivity index (χ3v) is 3.83. The van der Waals surface area contributed by atoms with Crippen LogP contribution in [-0.4, -0.2) is 45.2 Å². The summed E-state index contributed by atoms with van der Waals surface area (Å²) in [5, 5.41) is 12.9. The topological polar surface area (TPSA) is 86.5 Å². The van der Waals surface area contributed by atoms with Gasteiger partial charge in [0.1, 0.15) is 10.8 Å². The summed E-state index contributed by atoms with van der Waals surface area (Å²) in [4.78, 5) is 15.1. The summed E-state index contributed by atoms with van der Waals surface area (Å²) in [5.74, 6) is -1.50. The number of carboxylic acids is 1. The van der Waals surface area contributed by atoms with Crippen LogP contribution in [0.2, 0.25) is 5.02 Å². The Bertz CT molecular complexity index is 823. The Morgan fingerprint density at radius 3 is 2.62 bits per heavy atom. The fraction of sp³-hybridized carbons (Fsp3) is 0.400. The number of carbonyl (C=O) groups is 1. The van der Waals surface area contributed by atoms with E-state index in [4.69, 9.17) is 26.2 Å². The number of alkyl halides is 3. The van der Waals surface area contributed by atoms with Crippen LogP contribution in [0.5, 0.6) is 11.6 Å². The summed E-state index contributed by atoms with van der Waals surface area (Å²) in [6, 6.07) is 1.17. The van der Waals surface area contributed by atoms with Crippen LogP contribution in [0.3, 0.4) is 0 Å². The van der Waals surface area contributed by atoms with Gasteiger partial charge in [-0.1, -0.05) is 11.6 Å². The minimum Gasteiger partial charge on any atom is -0.496 e. The standard InChI is InChI=1S/C15H15ClF3N3O4/c1-4-22-13(11(16)12(21-22)14(23)24)8-6-20-10(5-9(8)25-3)26-7(2)15(17,18)19/h5-7H,4H2,1-3H3,(H,23,24)/t7-/m1/s1. The number of halogens is 4. The third kappa shape index (κ3) is 3.85. The molecule has 0 aliphatic heterocycles. The normalized spacial score (nSPS) is 12.7. The highest BCUT2D eigenvalue weighted by molar-refractivity contribution is 6.35. The van der Waals surface area contributed by atoms with Crippen LogP contribution >= 0.6 is 11.6 Å². The first kappa shape index (κ1) is 19.8. The van der Waals surface area contributed by atoms with Crippen LogP contribution in [0.25, 0.3) is 11.3 Å². The van der Waals surface area contributed by atoms with Crippen molar-refractivity contribution in [1.29, 1.82) is 0 Å². The maximum absolute atomic E-state index is 12.6. The van der Waals surface area contributed by atoms with Gasteiger partial charge in [-0.25, -0.2) is 9.78 Å². The highest BCUT2D eigenvalue weighted by Gasteiger charge is 2.38. The van der Waals surface area contributed by atoms with Crippen molar-refractivity contribution < 1.29 is 32.5 Å². The van der Waals surface area contributed by atoms with E-state index >= 15 is 0 Å². The molecule has 1 atom stereocenters. The van der Waals surface area contributed by atoms with Crippen molar-refractivity contribution in [3.8, 4) is 22.9 Å². The lowest BCUT2D eigenvalue weighted by molar-refractivity contribution is -0.190. The Hall–Kier alpha value is -2.49. The Kier molecular flexibility index (Phi) is 5.65. The molecule has 0 fully saturated rings. The average Bonchev–Trinajstić information content (AvgIpc) is 2.90. The van der Waals surface area contributed by atoms with E-state index in [0.717, 1.165) is 6.92 Å². The molecule has 0 bridgehead atoms. The van der Waals surface area contributed by atoms with Crippen molar-refractivity contribution in [2.45, 2.75) is 32.7 Å². The van der Waals surface area contributed by atoms with E-state index in [9.17, 15) is 18.0 Å². The van der Waals surface area contributed by atoms with Crippen molar-refractivity contribution >= 4 is 17.6 Å². The predicted molar refractivity (Wildman–Crippen MR) is 85.8 cm³/mol. The summed E-state index contributed by atoms with van der Waals surface area (Å²) in [7, 11) is 1.30. The minimum atomic E-state index is -4.55. The molecule has 11 heteroatoms. The summed E-state index contributed by atoms with van der Waals surface area (Å²) in [6.07, 6.45) is -5.42. The van der Waals surface area contributed by atoms with Crippen molar-refractivity contribution in [2.24, 2.45) is 0 Å². The van der Waals surface area contributed by atoms with Crippen molar-refractivity contribution in [3.05, 3.63) is 23.0 Å². The van der Waals surface area contributed by atoms with Gasteiger partial charge >= 0.3 is 12.1 Å². The fourth-order valence-corrected chi connectivity index (χ4v) is 2.46. The Labute approximate surface area is 151 Å². The SMILES string of the molecule is CCn1nc(C(=O)O)c(Cl)c1-c1cnc(O[C@H](C)C(F)(F)F)cc1OC. The van der Waals surface area contributed by atoms with Crippen LogP contribution in [0.4, 0.5) is 13.2 Å². The molecule has 7 nitrogen and oxygen atoms in total. The molecular formula is C15H15ClF3N3O4. The van der Waals surface area contributed by atoms with Gasteiger partial charge in [-0.3, -0.25) is 4.68 Å². The summed E-state index contributed by atoms with van der Waals surface area (Å²) >= 11 is 6.12. The van der Waals surface area contributed by atoms with Gasteiger partial charge < -0.3 is 14.6 Å². The number of hydrogen-bond acceptors (Lipinski definition) is 5. The fourth-order valence-electron chi connectivity index (χ4n) is 2.14. The molecule has 0 radical (unpaired) electrons. The molecule has 2 aromatic rings. The molecule has 142 valence electrons. The molecule has 0 amide bonds. The van der Waals surface area contributed by atoms with Gasteiger partial charge in [0.15, 0.2) is 11.8 Å². The van der Waals surface area contributed by atoms with E-state index in [1.807, 2.05) is 0 Å². The first-order chi connectivity index (χ1) is 12.1. The van der Waals surface area contributed by atoms with Crippen molar-refractivity contribution in [2.75, 3.05) is 7.11 Å². The molecule has 0 saturated heterocycles. The quantitative estimate of drug-likeness (QED) is 0.806. The molecule has 1 N–H and O–H groups in total. The average molecular weight is 394 g/mol. The van der Waals surface area contributed by atoms with E-state index in [1.54, 1.807) is 6.92 Å². The van der Waals surface area contributed by atoms with E-state index < -0.39 is 18.2 Å². The van der Waals surface area contributed by atoms with E-state index in [2.05, 4.69) is 10.1 Å². The zero-order chi connectivity index (χ0) is 19.6.